The van der Waals surface area contributed by atoms with E-state index in [1.54, 1.807) is 6.20 Å². The van der Waals surface area contributed by atoms with Crippen molar-refractivity contribution < 1.29 is 0 Å². The van der Waals surface area contributed by atoms with Crippen LogP contribution in [0.15, 0.2) is 41.0 Å². The Kier molecular flexibility index (Phi) is 4.26. The molecule has 5 heteroatoms. The maximum absolute atomic E-state index is 5.91. The molecule has 17 heavy (non-hydrogen) atoms. The van der Waals surface area contributed by atoms with Crippen LogP contribution in [0.4, 0.5) is 5.69 Å². The summed E-state index contributed by atoms with van der Waals surface area (Å²) in [5, 5.41) is 4.44. The molecule has 0 atom stereocenters. The van der Waals surface area contributed by atoms with Crippen LogP contribution in [-0.2, 0) is 6.54 Å². The Balaban J connectivity index is 2.05. The lowest BCUT2D eigenvalue weighted by Gasteiger charge is -2.07. The third kappa shape index (κ3) is 3.60. The number of hydrogen-bond donors (Lipinski definition) is 1. The van der Waals surface area contributed by atoms with E-state index in [1.165, 1.54) is 0 Å². The van der Waals surface area contributed by atoms with Crippen LogP contribution in [0.2, 0.25) is 10.2 Å². The van der Waals surface area contributed by atoms with Crippen molar-refractivity contribution in [2.75, 3.05) is 5.32 Å². The van der Waals surface area contributed by atoms with E-state index in [0.29, 0.717) is 11.7 Å². The normalized spacial score (nSPS) is 10.3. The lowest BCUT2D eigenvalue weighted by molar-refractivity contribution is 1.13. The van der Waals surface area contributed by atoms with E-state index in [1.807, 2.05) is 30.3 Å². The predicted octanol–water partition coefficient (Wildman–Crippen LogP) is 4.76. The highest BCUT2D eigenvalue weighted by molar-refractivity contribution is 9.10. The van der Waals surface area contributed by atoms with Crippen molar-refractivity contribution in [1.82, 2.24) is 4.98 Å². The molecule has 1 aromatic carbocycles. The van der Waals surface area contributed by atoms with Gasteiger partial charge in [-0.25, -0.2) is 4.98 Å². The van der Waals surface area contributed by atoms with Gasteiger partial charge in [-0.3, -0.25) is 0 Å². The highest BCUT2D eigenvalue weighted by atomic mass is 79.9. The first-order valence-corrected chi connectivity index (χ1v) is 6.49. The topological polar surface area (TPSA) is 24.9 Å². The minimum atomic E-state index is 0.457. The number of hydrogen-bond acceptors (Lipinski definition) is 2. The number of rotatable bonds is 3. The average molecular weight is 332 g/mol. The number of anilines is 1. The highest BCUT2D eigenvalue weighted by Gasteiger charge is 2.00. The minimum absolute atomic E-state index is 0.457. The zero-order chi connectivity index (χ0) is 12.3. The second kappa shape index (κ2) is 5.71. The number of nitrogens with zero attached hydrogens (tertiary/aromatic N) is 1. The molecule has 1 heterocycles. The first-order chi connectivity index (χ1) is 8.15. The molecular weight excluding hydrogens is 323 g/mol. The Morgan fingerprint density at radius 1 is 1.24 bits per heavy atom. The van der Waals surface area contributed by atoms with E-state index in [9.17, 15) is 0 Å². The summed E-state index contributed by atoms with van der Waals surface area (Å²) >= 11 is 15.1. The second-order valence-electron chi connectivity index (χ2n) is 3.48. The van der Waals surface area contributed by atoms with Crippen LogP contribution in [-0.4, -0.2) is 4.98 Å². The first kappa shape index (κ1) is 12.7. The average Bonchev–Trinajstić information content (AvgIpc) is 2.31. The van der Waals surface area contributed by atoms with E-state index in [2.05, 4.69) is 26.2 Å². The summed E-state index contributed by atoms with van der Waals surface area (Å²) in [4.78, 5) is 4.04. The Morgan fingerprint density at radius 2 is 2.06 bits per heavy atom. The molecule has 0 saturated heterocycles. The molecule has 0 spiro atoms. The van der Waals surface area contributed by atoms with Crippen LogP contribution in [0.1, 0.15) is 5.56 Å². The SMILES string of the molecule is Clc1cccc(CNc2cnc(Cl)c(Br)c2)c1. The fourth-order valence-electron chi connectivity index (χ4n) is 1.37. The molecule has 2 aromatic rings. The summed E-state index contributed by atoms with van der Waals surface area (Å²) in [6.45, 7) is 0.691. The van der Waals surface area contributed by atoms with Crippen molar-refractivity contribution >= 4 is 44.8 Å². The quantitative estimate of drug-likeness (QED) is 0.820. The van der Waals surface area contributed by atoms with Gasteiger partial charge in [0.15, 0.2) is 0 Å². The molecule has 0 aliphatic carbocycles. The monoisotopic (exact) mass is 330 g/mol. The van der Waals surface area contributed by atoms with Crippen molar-refractivity contribution in [1.29, 1.82) is 0 Å². The zero-order valence-corrected chi connectivity index (χ0v) is 11.9. The molecule has 0 fully saturated rings. The zero-order valence-electron chi connectivity index (χ0n) is 8.75. The van der Waals surface area contributed by atoms with Crippen molar-refractivity contribution in [2.45, 2.75) is 6.54 Å². The molecule has 1 N–H and O–H groups in total. The number of pyridine rings is 1. The molecule has 2 nitrogen and oxygen atoms in total. The van der Waals surface area contributed by atoms with Crippen molar-refractivity contribution in [3.8, 4) is 0 Å². The molecule has 2 rings (SSSR count). The molecule has 1 aromatic heterocycles. The molecule has 0 amide bonds. The smallest absolute Gasteiger partial charge is 0.143 e. The van der Waals surface area contributed by atoms with Gasteiger partial charge in [0.05, 0.1) is 16.4 Å². The Labute approximate surface area is 118 Å². The Hall–Kier alpha value is -0.770. The van der Waals surface area contributed by atoms with Gasteiger partial charge in [-0.2, -0.15) is 0 Å². The van der Waals surface area contributed by atoms with Crippen LogP contribution in [0.3, 0.4) is 0 Å². The fraction of sp³-hybridized carbons (Fsp3) is 0.0833. The molecule has 0 bridgehead atoms. The number of aromatic nitrogens is 1. The predicted molar refractivity (Wildman–Crippen MR) is 75.7 cm³/mol. The van der Waals surface area contributed by atoms with Crippen molar-refractivity contribution in [3.05, 3.63) is 56.7 Å². The van der Waals surface area contributed by atoms with E-state index in [-0.39, 0.29) is 0 Å². The summed E-state index contributed by atoms with van der Waals surface area (Å²) in [5.74, 6) is 0. The number of nitrogens with one attached hydrogen (secondary N) is 1. The lowest BCUT2D eigenvalue weighted by Crippen LogP contribution is -1.99. The third-order valence-electron chi connectivity index (χ3n) is 2.18. The van der Waals surface area contributed by atoms with Gasteiger partial charge in [0.2, 0.25) is 0 Å². The summed E-state index contributed by atoms with van der Waals surface area (Å²) in [6, 6.07) is 9.60. The molecule has 0 unspecified atom stereocenters. The van der Waals surface area contributed by atoms with E-state index >= 15 is 0 Å². The van der Waals surface area contributed by atoms with Gasteiger partial charge in [0, 0.05) is 11.6 Å². The van der Waals surface area contributed by atoms with E-state index in [4.69, 9.17) is 23.2 Å². The standard InChI is InChI=1S/C12H9BrCl2N2/c13-11-5-10(7-17-12(11)15)16-6-8-2-1-3-9(14)4-8/h1-5,7,16H,6H2. The van der Waals surface area contributed by atoms with E-state index < -0.39 is 0 Å². The Morgan fingerprint density at radius 3 is 2.76 bits per heavy atom. The highest BCUT2D eigenvalue weighted by Crippen LogP contribution is 2.23. The van der Waals surface area contributed by atoms with Crippen LogP contribution < -0.4 is 5.32 Å². The lowest BCUT2D eigenvalue weighted by atomic mass is 10.2. The maximum atomic E-state index is 5.91. The van der Waals surface area contributed by atoms with Gasteiger partial charge in [0.1, 0.15) is 5.15 Å². The summed E-state index contributed by atoms with van der Waals surface area (Å²) in [6.07, 6.45) is 1.69. The van der Waals surface area contributed by atoms with Crippen molar-refractivity contribution in [3.63, 3.8) is 0 Å². The van der Waals surface area contributed by atoms with E-state index in [0.717, 1.165) is 20.7 Å². The van der Waals surface area contributed by atoms with Gasteiger partial charge in [-0.15, -0.1) is 0 Å². The fourth-order valence-corrected chi connectivity index (χ4v) is 2.03. The van der Waals surface area contributed by atoms with Crippen LogP contribution in [0.5, 0.6) is 0 Å². The molecular formula is C12H9BrCl2N2. The molecule has 0 saturated carbocycles. The van der Waals surface area contributed by atoms with Gasteiger partial charge in [0.25, 0.3) is 0 Å². The first-order valence-electron chi connectivity index (χ1n) is 4.94. The summed E-state index contributed by atoms with van der Waals surface area (Å²) in [7, 11) is 0. The van der Waals surface area contributed by atoms with Gasteiger partial charge in [-0.05, 0) is 39.7 Å². The minimum Gasteiger partial charge on any atom is -0.380 e. The summed E-state index contributed by atoms with van der Waals surface area (Å²) < 4.78 is 0.773. The maximum Gasteiger partial charge on any atom is 0.143 e. The van der Waals surface area contributed by atoms with Gasteiger partial charge in [-0.1, -0.05) is 35.3 Å². The van der Waals surface area contributed by atoms with Gasteiger partial charge < -0.3 is 5.32 Å². The second-order valence-corrected chi connectivity index (χ2v) is 5.13. The summed E-state index contributed by atoms with van der Waals surface area (Å²) in [5.41, 5.74) is 2.02. The Bertz CT molecular complexity index is 532. The molecule has 0 radical (unpaired) electrons. The van der Waals surface area contributed by atoms with Crippen LogP contribution in [0.25, 0.3) is 0 Å². The van der Waals surface area contributed by atoms with Crippen molar-refractivity contribution in [2.24, 2.45) is 0 Å². The number of benzene rings is 1. The largest absolute Gasteiger partial charge is 0.380 e. The number of halogens is 3. The molecule has 88 valence electrons. The molecule has 0 aliphatic heterocycles. The van der Waals surface area contributed by atoms with Crippen LogP contribution >= 0.6 is 39.1 Å². The molecule has 0 aliphatic rings. The van der Waals surface area contributed by atoms with Gasteiger partial charge >= 0.3 is 0 Å². The third-order valence-corrected chi connectivity index (χ3v) is 3.55. The van der Waals surface area contributed by atoms with Crippen LogP contribution in [0, 0.1) is 0 Å².